The van der Waals surface area contributed by atoms with Gasteiger partial charge in [-0.05, 0) is 194 Å². The fourth-order valence-corrected chi connectivity index (χ4v) is 20.0. The molecule has 4 aliphatic heterocycles. The fraction of sp³-hybridized carbons (Fsp3) is 0.372. The summed E-state index contributed by atoms with van der Waals surface area (Å²) in [6, 6.07) is 34.9. The van der Waals surface area contributed by atoms with Crippen molar-refractivity contribution < 1.29 is 109 Å². The minimum atomic E-state index is -4.50. The van der Waals surface area contributed by atoms with Crippen LogP contribution in [-0.2, 0) is 79.1 Å². The van der Waals surface area contributed by atoms with Crippen LogP contribution in [0.3, 0.4) is 0 Å². The van der Waals surface area contributed by atoms with E-state index in [0.717, 1.165) is 91.7 Å². The predicted octanol–water partition coefficient (Wildman–Crippen LogP) is 12.9. The van der Waals surface area contributed by atoms with Crippen LogP contribution in [0.5, 0.6) is 0 Å². The Morgan fingerprint density at radius 1 is 0.607 bits per heavy atom. The summed E-state index contributed by atoms with van der Waals surface area (Å²) in [5.74, 6) is -3.00. The minimum absolute atomic E-state index is 0. The molecule has 3 atom stereocenters. The van der Waals surface area contributed by atoms with E-state index in [2.05, 4.69) is 220 Å². The Kier molecular flexibility index (Phi) is 37.8. The molecule has 0 saturated heterocycles. The fourth-order valence-electron chi connectivity index (χ4n) is 14.0. The average Bonchev–Trinajstić information content (AvgIpc) is 1.63. The number of para-hydroxylation sites is 2. The van der Waals surface area contributed by atoms with Gasteiger partial charge in [-0.15, -0.1) is 25.3 Å². The van der Waals surface area contributed by atoms with Crippen LogP contribution in [0, 0.1) is 20.2 Å². The van der Waals surface area contributed by atoms with Crippen LogP contribution in [0.25, 0.3) is 0 Å². The lowest BCUT2D eigenvalue weighted by Gasteiger charge is -2.35. The molecule has 4 aliphatic rings. The molecule has 5 aromatic carbocycles. The van der Waals surface area contributed by atoms with Gasteiger partial charge in [-0.1, -0.05) is 160 Å². The SMILES string of the molecule is CC1(C)C(/C=C/C=C/C=C/Cc2ccccc2)=[N+](CCCCS(=O)(=O)[O-])c2ccccc21.CC1=[N+](C)c2cc(I)cc(I)c2C1(C)CCCCCC(=O)O.CCCCC(C(=O)O)C1(C)/C(=C/C=C/C=C/C=C/C2=[N+](CS(=O)(=O)[O-])c3ccccc3C2(C)C)N(C)c2cc(I)cc(I)c21.O=S(=O)=O.O=S(=O)=O.[I-]. The molecule has 0 saturated carbocycles. The first-order valence-corrected chi connectivity index (χ1v) is 43.5. The number of unbranched alkanes of at least 4 members (excludes halogenated alkanes) is 4. The second-order valence-electron chi connectivity index (χ2n) is 27.0. The zero-order valence-corrected chi connectivity index (χ0v) is 75.3. The van der Waals surface area contributed by atoms with Gasteiger partial charge in [-0.25, -0.2) is 21.4 Å². The molecule has 0 fully saturated rings. The first kappa shape index (κ1) is 94.1. The zero-order chi connectivity index (χ0) is 79.1. The molecule has 20 nitrogen and oxygen atoms in total. The number of hydrogen-bond donors (Lipinski definition) is 2. The summed E-state index contributed by atoms with van der Waals surface area (Å²) in [4.78, 5) is 25.4. The molecule has 0 spiro atoms. The van der Waals surface area contributed by atoms with E-state index in [4.69, 9.17) is 30.4 Å². The molecule has 4 heterocycles. The molecule has 29 heteroatoms. The van der Waals surface area contributed by atoms with Crippen molar-refractivity contribution in [3.8, 4) is 0 Å². The van der Waals surface area contributed by atoms with Crippen molar-refractivity contribution in [1.29, 1.82) is 0 Å². The third kappa shape index (κ3) is 26.4. The van der Waals surface area contributed by atoms with Crippen LogP contribution in [0.1, 0.15) is 147 Å². The van der Waals surface area contributed by atoms with Crippen molar-refractivity contribution in [1.82, 2.24) is 0 Å². The van der Waals surface area contributed by atoms with Crippen molar-refractivity contribution >= 4 is 184 Å². The lowest BCUT2D eigenvalue weighted by molar-refractivity contribution is -0.438. The van der Waals surface area contributed by atoms with Crippen LogP contribution in [0.15, 0.2) is 188 Å². The molecule has 0 bridgehead atoms. The van der Waals surface area contributed by atoms with E-state index in [0.29, 0.717) is 25.8 Å². The van der Waals surface area contributed by atoms with Crippen LogP contribution in [0.2, 0.25) is 0 Å². The van der Waals surface area contributed by atoms with Crippen molar-refractivity contribution in [3.05, 3.63) is 230 Å². The summed E-state index contributed by atoms with van der Waals surface area (Å²) in [7, 11) is -10.7. The third-order valence-electron chi connectivity index (χ3n) is 19.3. The standard InChI is InChI=1S/C34H38I2N2O5S.C27H31NO3S.C17H21I2NO2.HI.2O3S/c1-6-7-15-25(32(39)40)34(4)30(37(5)28-21-23(35)20-26(36)31(28)34)19-12-10-8-9-11-18-29-33(2,3)24-16-13-14-17-27(24)38(29)22-44(41,42)43;1-27(2)24-18-11-12-19-25(24)28(21-13-14-22-32(29,30)31)26(27)20-10-5-3-4-7-15-23-16-8-6-9-17-23;1-11-17(2,8-6-4-5-7-15(21)22)16-13(19)9-12(18)10-14(16)20(11)3;;2*1-4(2)3/h8-14,16-21,25H,6-7,15,22H2,1-5H3,(H-,39,40,41,42,43);3-12,16-20H,13-15,21-22H2,1-2H3;9-10H,4-8H2,1-3H3;1H;;/b;5-3+,7-4+,20-10+;;;;. The third-order valence-corrected chi connectivity index (χ3v) is 23.6. The van der Waals surface area contributed by atoms with Gasteiger partial charge in [0, 0.05) is 111 Å². The molecule has 578 valence electrons. The van der Waals surface area contributed by atoms with E-state index in [1.165, 1.54) is 40.9 Å². The second kappa shape index (κ2) is 43.0. The lowest BCUT2D eigenvalue weighted by Crippen LogP contribution is -3.00. The van der Waals surface area contributed by atoms with E-state index in [1.54, 1.807) is 4.58 Å². The Hall–Kier alpha value is -5.26. The van der Waals surface area contributed by atoms with Gasteiger partial charge in [0.2, 0.25) is 22.9 Å². The molecule has 0 aromatic heterocycles. The van der Waals surface area contributed by atoms with E-state index in [-0.39, 0.29) is 47.0 Å². The van der Waals surface area contributed by atoms with Crippen LogP contribution >= 0.6 is 90.4 Å². The minimum Gasteiger partial charge on any atom is -1.00 e. The molecule has 0 radical (unpaired) electrons. The lowest BCUT2D eigenvalue weighted by atomic mass is 9.69. The van der Waals surface area contributed by atoms with Gasteiger partial charge in [0.15, 0.2) is 27.3 Å². The van der Waals surface area contributed by atoms with E-state index in [1.807, 2.05) is 136 Å². The number of carboxylic acids is 2. The Bertz CT molecular complexity index is 4820. The van der Waals surface area contributed by atoms with Crippen LogP contribution < -0.4 is 28.9 Å². The number of rotatable bonds is 27. The summed E-state index contributed by atoms with van der Waals surface area (Å²) in [5, 5.41) is 19.1. The van der Waals surface area contributed by atoms with Crippen molar-refractivity contribution in [2.24, 2.45) is 5.92 Å². The number of carbonyl (C=O) groups is 2. The molecule has 9 rings (SSSR count). The normalized spacial score (nSPS) is 18.2. The Morgan fingerprint density at radius 3 is 1.64 bits per heavy atom. The van der Waals surface area contributed by atoms with Gasteiger partial charge in [-0.2, -0.15) is 9.15 Å². The quantitative estimate of drug-likeness (QED) is 0.0162. The topological polar surface area (TPSA) is 304 Å². The summed E-state index contributed by atoms with van der Waals surface area (Å²) in [5.41, 5.74) is 13.2. The highest BCUT2D eigenvalue weighted by molar-refractivity contribution is 14.1. The maximum Gasteiger partial charge on any atom is 0.425 e. The van der Waals surface area contributed by atoms with Gasteiger partial charge < -0.3 is 48.2 Å². The molecule has 3 unspecified atom stereocenters. The van der Waals surface area contributed by atoms with E-state index in [9.17, 15) is 40.6 Å². The molecule has 5 aromatic rings. The number of halogens is 5. The highest BCUT2D eigenvalue weighted by atomic mass is 127. The Morgan fingerprint density at radius 2 is 1.10 bits per heavy atom. The molecular formula is C78H91I5N4O16S4. The first-order valence-electron chi connectivity index (χ1n) is 34.1. The van der Waals surface area contributed by atoms with Gasteiger partial charge in [0.05, 0.1) is 37.8 Å². The van der Waals surface area contributed by atoms with Gasteiger partial charge in [0.25, 0.3) is 0 Å². The van der Waals surface area contributed by atoms with Crippen LogP contribution in [0.4, 0.5) is 22.7 Å². The number of allylic oxidation sites excluding steroid dienone is 14. The maximum atomic E-state index is 12.7. The summed E-state index contributed by atoms with van der Waals surface area (Å²) in [6.07, 6.45) is 34.1. The predicted molar refractivity (Wildman–Crippen MR) is 449 cm³/mol. The van der Waals surface area contributed by atoms with Crippen molar-refractivity contribution in [3.63, 3.8) is 0 Å². The number of carboxylic acid groups (broad SMARTS) is 2. The molecule has 2 N–H and O–H groups in total. The average molecular weight is 2100 g/mol. The number of aliphatic carboxylic acids is 2. The van der Waals surface area contributed by atoms with E-state index < -0.39 is 76.0 Å². The highest BCUT2D eigenvalue weighted by Gasteiger charge is 2.52. The van der Waals surface area contributed by atoms with Gasteiger partial charge in [0.1, 0.15) is 13.6 Å². The van der Waals surface area contributed by atoms with Crippen molar-refractivity contribution in [2.75, 3.05) is 37.2 Å². The molecule has 0 aliphatic carbocycles. The van der Waals surface area contributed by atoms with Gasteiger partial charge in [-0.3, -0.25) is 9.59 Å². The van der Waals surface area contributed by atoms with Crippen LogP contribution in [-0.4, -0.2) is 136 Å². The number of hydrogen-bond acceptors (Lipinski definition) is 15. The largest absolute Gasteiger partial charge is 1.00 e. The highest BCUT2D eigenvalue weighted by Crippen LogP contribution is 2.55. The number of nitrogens with zero attached hydrogens (tertiary/aromatic N) is 4. The smallest absolute Gasteiger partial charge is 0.425 e. The summed E-state index contributed by atoms with van der Waals surface area (Å²) >= 11 is 9.47. The Balaban J connectivity index is 0.000000336. The van der Waals surface area contributed by atoms with Crippen molar-refractivity contribution in [2.45, 2.75) is 148 Å². The van der Waals surface area contributed by atoms with E-state index >= 15 is 0 Å². The zero-order valence-electron chi connectivity index (χ0n) is 61.2. The number of likely N-dealkylation sites (N-methyl/N-ethyl adjacent to an activating group) is 1. The number of fused-ring (bicyclic) bond motifs is 4. The molecule has 107 heavy (non-hydrogen) atoms. The number of anilines is 1. The maximum absolute atomic E-state index is 12.7. The van der Waals surface area contributed by atoms with Gasteiger partial charge >= 0.3 is 33.2 Å². The molecular weight excluding hydrogens is 2010 g/mol. The second-order valence-corrected chi connectivity index (χ2v) is 35.6. The monoisotopic (exact) mass is 2100 g/mol. The summed E-state index contributed by atoms with van der Waals surface area (Å²) in [6.45, 7) is 17.8. The molecule has 0 amide bonds. The Labute approximate surface area is 705 Å². The first-order chi connectivity index (χ1) is 49.7. The summed E-state index contributed by atoms with van der Waals surface area (Å²) < 4.78 is 130. The number of benzene rings is 5.